The zero-order chi connectivity index (χ0) is 12.0. The predicted molar refractivity (Wildman–Crippen MR) is 67.3 cm³/mol. The van der Waals surface area contributed by atoms with E-state index < -0.39 is 0 Å². The van der Waals surface area contributed by atoms with Crippen molar-refractivity contribution in [2.24, 2.45) is 17.6 Å². The monoisotopic (exact) mass is 225 g/mol. The summed E-state index contributed by atoms with van der Waals surface area (Å²) in [5.74, 6) is 1.31. The van der Waals surface area contributed by atoms with Crippen LogP contribution in [0.25, 0.3) is 0 Å². The Kier molecular flexibility index (Phi) is 3.09. The van der Waals surface area contributed by atoms with Crippen molar-refractivity contribution in [3.8, 4) is 0 Å². The molecule has 0 aromatic heterocycles. The first kappa shape index (κ1) is 12.4. The van der Waals surface area contributed by atoms with Crippen LogP contribution >= 0.6 is 0 Å². The molecule has 2 fully saturated rings. The molecule has 1 heterocycles. The molecule has 94 valence electrons. The van der Waals surface area contributed by atoms with Crippen LogP contribution in [-0.2, 0) is 4.74 Å². The average molecular weight is 225 g/mol. The first-order valence-electron chi connectivity index (χ1n) is 6.78. The van der Waals surface area contributed by atoms with Crippen LogP contribution in [0.1, 0.15) is 59.8 Å². The molecule has 16 heavy (non-hydrogen) atoms. The number of rotatable bonds is 1. The fraction of sp³-hybridized carbons (Fsp3) is 1.00. The molecule has 0 aromatic carbocycles. The van der Waals surface area contributed by atoms with Gasteiger partial charge in [0.25, 0.3) is 0 Å². The van der Waals surface area contributed by atoms with Gasteiger partial charge in [0.05, 0.1) is 11.2 Å². The molecule has 1 aliphatic heterocycles. The first-order chi connectivity index (χ1) is 7.32. The van der Waals surface area contributed by atoms with Gasteiger partial charge in [0.15, 0.2) is 0 Å². The van der Waals surface area contributed by atoms with Gasteiger partial charge in [0.2, 0.25) is 0 Å². The van der Waals surface area contributed by atoms with E-state index in [1.54, 1.807) is 0 Å². The van der Waals surface area contributed by atoms with Gasteiger partial charge in [-0.1, -0.05) is 12.8 Å². The molecule has 2 heteroatoms. The third-order valence-corrected chi connectivity index (χ3v) is 4.54. The second-order valence-electron chi connectivity index (χ2n) is 6.89. The van der Waals surface area contributed by atoms with Gasteiger partial charge >= 0.3 is 0 Å². The maximum Gasteiger partial charge on any atom is 0.0666 e. The van der Waals surface area contributed by atoms with Crippen LogP contribution in [0, 0.1) is 11.8 Å². The second-order valence-corrected chi connectivity index (χ2v) is 6.89. The fourth-order valence-electron chi connectivity index (χ4n) is 3.96. The number of hydrogen-bond donors (Lipinski definition) is 1. The molecule has 3 unspecified atom stereocenters. The zero-order valence-electron chi connectivity index (χ0n) is 11.3. The summed E-state index contributed by atoms with van der Waals surface area (Å²) in [6.45, 7) is 8.91. The smallest absolute Gasteiger partial charge is 0.0666 e. The van der Waals surface area contributed by atoms with Crippen LogP contribution in [0.2, 0.25) is 0 Å². The maximum absolute atomic E-state index is 6.31. The van der Waals surface area contributed by atoms with Gasteiger partial charge in [0, 0.05) is 6.04 Å². The van der Waals surface area contributed by atoms with E-state index in [0.29, 0.717) is 17.9 Å². The van der Waals surface area contributed by atoms with Crippen LogP contribution in [0.5, 0.6) is 0 Å². The average Bonchev–Trinajstić information content (AvgIpc) is 2.35. The predicted octanol–water partition coefficient (Wildman–Crippen LogP) is 3.10. The van der Waals surface area contributed by atoms with Crippen LogP contribution in [0.15, 0.2) is 0 Å². The van der Waals surface area contributed by atoms with E-state index >= 15 is 0 Å². The molecule has 2 aliphatic rings. The molecule has 0 radical (unpaired) electrons. The Hall–Kier alpha value is -0.0800. The van der Waals surface area contributed by atoms with Crippen molar-refractivity contribution in [1.82, 2.24) is 0 Å². The third-order valence-electron chi connectivity index (χ3n) is 4.54. The largest absolute Gasteiger partial charge is 0.369 e. The summed E-state index contributed by atoms with van der Waals surface area (Å²) in [7, 11) is 0. The molecular formula is C14H27NO. The molecule has 0 spiro atoms. The molecule has 0 bridgehead atoms. The summed E-state index contributed by atoms with van der Waals surface area (Å²) >= 11 is 0. The van der Waals surface area contributed by atoms with E-state index in [4.69, 9.17) is 10.5 Å². The summed E-state index contributed by atoms with van der Waals surface area (Å²) in [4.78, 5) is 0. The van der Waals surface area contributed by atoms with Crippen molar-refractivity contribution in [3.63, 3.8) is 0 Å². The lowest BCUT2D eigenvalue weighted by Crippen LogP contribution is -2.43. The first-order valence-corrected chi connectivity index (χ1v) is 6.78. The topological polar surface area (TPSA) is 35.2 Å². The van der Waals surface area contributed by atoms with Gasteiger partial charge in [-0.25, -0.2) is 0 Å². The van der Waals surface area contributed by atoms with Crippen LogP contribution in [0.3, 0.4) is 0 Å². The number of ether oxygens (including phenoxy) is 1. The zero-order valence-corrected chi connectivity index (χ0v) is 11.3. The van der Waals surface area contributed by atoms with Crippen LogP contribution in [0.4, 0.5) is 0 Å². The molecule has 1 aliphatic carbocycles. The maximum atomic E-state index is 6.31. The molecule has 3 atom stereocenters. The van der Waals surface area contributed by atoms with E-state index in [2.05, 4.69) is 27.7 Å². The van der Waals surface area contributed by atoms with Gasteiger partial charge in [-0.2, -0.15) is 0 Å². The number of nitrogens with two attached hydrogens (primary N) is 1. The SMILES string of the molecule is CC1(C)CC(C2CCCCC2N)C(C)(C)O1. The Labute approximate surface area is 99.9 Å². The van der Waals surface area contributed by atoms with E-state index in [1.807, 2.05) is 0 Å². The minimum atomic E-state index is 0.00310. The molecular weight excluding hydrogens is 198 g/mol. The standard InChI is InChI=1S/C14H27NO/c1-13(2)9-11(14(3,4)16-13)10-7-5-6-8-12(10)15/h10-12H,5-9,15H2,1-4H3. The van der Waals surface area contributed by atoms with E-state index in [0.717, 1.165) is 0 Å². The summed E-state index contributed by atoms with van der Waals surface area (Å²) in [5.41, 5.74) is 6.35. The van der Waals surface area contributed by atoms with Gasteiger partial charge in [-0.3, -0.25) is 0 Å². The molecule has 1 saturated carbocycles. The van der Waals surface area contributed by atoms with Crippen LogP contribution in [-0.4, -0.2) is 17.2 Å². The van der Waals surface area contributed by atoms with Crippen molar-refractivity contribution in [2.45, 2.75) is 77.0 Å². The molecule has 0 amide bonds. The quantitative estimate of drug-likeness (QED) is 0.744. The summed E-state index contributed by atoms with van der Waals surface area (Å²) < 4.78 is 6.19. The number of hydrogen-bond acceptors (Lipinski definition) is 2. The summed E-state index contributed by atoms with van der Waals surface area (Å²) in [6.07, 6.45) is 6.34. The Balaban J connectivity index is 2.13. The van der Waals surface area contributed by atoms with Crippen molar-refractivity contribution in [3.05, 3.63) is 0 Å². The Bertz CT molecular complexity index is 259. The summed E-state index contributed by atoms with van der Waals surface area (Å²) in [6, 6.07) is 0.399. The van der Waals surface area contributed by atoms with Crippen molar-refractivity contribution in [1.29, 1.82) is 0 Å². The fourth-order valence-corrected chi connectivity index (χ4v) is 3.96. The highest BCUT2D eigenvalue weighted by Gasteiger charge is 2.50. The Morgan fingerprint density at radius 1 is 1.06 bits per heavy atom. The van der Waals surface area contributed by atoms with E-state index in [-0.39, 0.29) is 11.2 Å². The highest BCUT2D eigenvalue weighted by Crippen LogP contribution is 2.48. The van der Waals surface area contributed by atoms with E-state index in [9.17, 15) is 0 Å². The highest BCUT2D eigenvalue weighted by molar-refractivity contribution is 5.00. The van der Waals surface area contributed by atoms with Crippen molar-refractivity contribution >= 4 is 0 Å². The van der Waals surface area contributed by atoms with Gasteiger partial charge < -0.3 is 10.5 Å². The van der Waals surface area contributed by atoms with Gasteiger partial charge in [-0.15, -0.1) is 0 Å². The molecule has 1 saturated heterocycles. The molecule has 2 rings (SSSR count). The lowest BCUT2D eigenvalue weighted by atomic mass is 9.69. The van der Waals surface area contributed by atoms with Crippen molar-refractivity contribution in [2.75, 3.05) is 0 Å². The normalized spacial score (nSPS) is 42.2. The minimum absolute atomic E-state index is 0.00310. The van der Waals surface area contributed by atoms with E-state index in [1.165, 1.54) is 32.1 Å². The lowest BCUT2D eigenvalue weighted by Gasteiger charge is -2.38. The third kappa shape index (κ3) is 2.28. The van der Waals surface area contributed by atoms with Gasteiger partial charge in [-0.05, 0) is 58.8 Å². The molecule has 2 N–H and O–H groups in total. The van der Waals surface area contributed by atoms with Gasteiger partial charge in [0.1, 0.15) is 0 Å². The Morgan fingerprint density at radius 2 is 1.69 bits per heavy atom. The van der Waals surface area contributed by atoms with Crippen molar-refractivity contribution < 1.29 is 4.74 Å². The summed E-state index contributed by atoms with van der Waals surface area (Å²) in [5, 5.41) is 0. The second kappa shape index (κ2) is 3.99. The molecule has 2 nitrogen and oxygen atoms in total. The highest BCUT2D eigenvalue weighted by atomic mass is 16.5. The van der Waals surface area contributed by atoms with Crippen LogP contribution < -0.4 is 5.73 Å². The molecule has 0 aromatic rings. The lowest BCUT2D eigenvalue weighted by molar-refractivity contribution is -0.0824. The minimum Gasteiger partial charge on any atom is -0.369 e. The Morgan fingerprint density at radius 3 is 2.19 bits per heavy atom.